The molecule has 10 heteroatoms. The Morgan fingerprint density at radius 3 is 2.52 bits per heavy atom. The number of rotatable bonds is 3. The van der Waals surface area contributed by atoms with Gasteiger partial charge in [-0.3, -0.25) is 14.5 Å². The third-order valence-corrected chi connectivity index (χ3v) is 6.33. The highest BCUT2D eigenvalue weighted by atomic mass is 16.6. The molecule has 1 aromatic rings. The Morgan fingerprint density at radius 1 is 1.23 bits per heavy atom. The lowest BCUT2D eigenvalue weighted by Gasteiger charge is -2.48. The van der Waals surface area contributed by atoms with E-state index in [4.69, 9.17) is 10.5 Å². The molecule has 5 atom stereocenters. The smallest absolute Gasteiger partial charge is 0.342 e. The molecule has 1 aromatic carbocycles. The van der Waals surface area contributed by atoms with Gasteiger partial charge in [0.25, 0.3) is 5.91 Å². The number of likely N-dealkylation sites (N-methyl/N-ethyl adjacent to an activating group) is 1. The second-order valence-electron chi connectivity index (χ2n) is 8.25. The number of amides is 1. The highest BCUT2D eigenvalue weighted by Crippen LogP contribution is 2.52. The van der Waals surface area contributed by atoms with Gasteiger partial charge < -0.3 is 30.9 Å². The van der Waals surface area contributed by atoms with Gasteiger partial charge in [-0.05, 0) is 32.7 Å². The second kappa shape index (κ2) is 6.82. The van der Waals surface area contributed by atoms with Crippen LogP contribution in [0.2, 0.25) is 0 Å². The molecule has 4 rings (SSSR count). The molecule has 0 spiro atoms. The number of nitrogens with two attached hydrogens (primary N) is 1. The van der Waals surface area contributed by atoms with Crippen molar-refractivity contribution < 1.29 is 39.5 Å². The standard InChI is InChI=1S/C21H22N2O8/c1-23(2)15-10-6-8(17-9-4-3-5-11(24)13(9)20(29)31-17)7-12(25)21(10,30)18(27)14(16(15)26)19(22)28/h3-5,7-8,10,15,17,24-25,27,30H,6H2,1-2H3,(H2,22,28)/t8?,10-,15-,17?,21-/m0/s1. The molecule has 0 saturated carbocycles. The Kier molecular flexibility index (Phi) is 4.60. The van der Waals surface area contributed by atoms with Gasteiger partial charge in [-0.2, -0.15) is 0 Å². The van der Waals surface area contributed by atoms with Crippen molar-refractivity contribution in [1.82, 2.24) is 4.90 Å². The van der Waals surface area contributed by atoms with Crippen LogP contribution in [-0.2, 0) is 14.3 Å². The molecule has 2 unspecified atom stereocenters. The number of Topliss-reactive ketones (excluding diaryl/α,β-unsaturated/α-hetero) is 1. The number of phenols is 1. The molecule has 0 radical (unpaired) electrons. The van der Waals surface area contributed by atoms with E-state index in [1.165, 1.54) is 17.0 Å². The number of hydrogen-bond donors (Lipinski definition) is 5. The Morgan fingerprint density at radius 2 is 1.90 bits per heavy atom. The maximum atomic E-state index is 13.0. The van der Waals surface area contributed by atoms with E-state index < -0.39 is 64.3 Å². The Bertz CT molecular complexity index is 1080. The SMILES string of the molecule is CN(C)[C@@H]1C(=O)C(C(N)=O)=C(O)[C@@]2(O)C(O)=CC(C3OC(=O)c4c(O)cccc43)C[C@@H]12. The molecule has 0 aromatic heterocycles. The van der Waals surface area contributed by atoms with Crippen molar-refractivity contribution in [2.75, 3.05) is 14.1 Å². The molecule has 164 valence electrons. The average Bonchev–Trinajstić information content (AvgIpc) is 3.01. The van der Waals surface area contributed by atoms with Crippen molar-refractivity contribution in [1.29, 1.82) is 0 Å². The van der Waals surface area contributed by atoms with Gasteiger partial charge in [0.15, 0.2) is 11.4 Å². The van der Waals surface area contributed by atoms with Gasteiger partial charge in [0, 0.05) is 17.4 Å². The van der Waals surface area contributed by atoms with Gasteiger partial charge in [-0.25, -0.2) is 4.79 Å². The van der Waals surface area contributed by atoms with Crippen LogP contribution >= 0.6 is 0 Å². The quantitative estimate of drug-likeness (QED) is 0.332. The molecule has 6 N–H and O–H groups in total. The van der Waals surface area contributed by atoms with Crippen LogP contribution in [0.25, 0.3) is 0 Å². The molecule has 0 bridgehead atoms. The van der Waals surface area contributed by atoms with E-state index in [9.17, 15) is 34.8 Å². The van der Waals surface area contributed by atoms with Gasteiger partial charge >= 0.3 is 5.97 Å². The van der Waals surface area contributed by atoms with Crippen LogP contribution < -0.4 is 5.73 Å². The lowest BCUT2D eigenvalue weighted by atomic mass is 9.63. The molecular weight excluding hydrogens is 408 g/mol. The number of aromatic hydroxyl groups is 1. The molecule has 1 heterocycles. The zero-order chi connectivity index (χ0) is 22.8. The van der Waals surface area contributed by atoms with Crippen molar-refractivity contribution >= 4 is 17.7 Å². The van der Waals surface area contributed by atoms with Crippen LogP contribution in [0.3, 0.4) is 0 Å². The fraction of sp³-hybridized carbons (Fsp3) is 0.381. The lowest BCUT2D eigenvalue weighted by molar-refractivity contribution is -0.137. The summed E-state index contributed by atoms with van der Waals surface area (Å²) in [6.45, 7) is 0. The number of carbonyl (C=O) groups is 3. The normalized spacial score (nSPS) is 32.5. The van der Waals surface area contributed by atoms with E-state index in [0.29, 0.717) is 5.56 Å². The first-order valence-corrected chi connectivity index (χ1v) is 9.60. The van der Waals surface area contributed by atoms with Gasteiger partial charge in [-0.1, -0.05) is 12.1 Å². The van der Waals surface area contributed by atoms with Crippen molar-refractivity contribution in [3.63, 3.8) is 0 Å². The molecule has 2 aliphatic carbocycles. The first-order chi connectivity index (χ1) is 14.5. The summed E-state index contributed by atoms with van der Waals surface area (Å²) in [4.78, 5) is 38.5. The van der Waals surface area contributed by atoms with Crippen LogP contribution in [0.15, 0.2) is 41.4 Å². The third-order valence-electron chi connectivity index (χ3n) is 6.33. The number of nitrogens with zero attached hydrogens (tertiary/aromatic N) is 1. The molecular formula is C21H22N2O8. The number of phenolic OH excluding ortho intramolecular Hbond substituents is 1. The summed E-state index contributed by atoms with van der Waals surface area (Å²) in [6.07, 6.45) is 0.353. The maximum Gasteiger partial charge on any atom is 0.342 e. The Labute approximate surface area is 176 Å². The molecule has 31 heavy (non-hydrogen) atoms. The highest BCUT2D eigenvalue weighted by molar-refractivity contribution is 6.22. The number of hydrogen-bond acceptors (Lipinski definition) is 9. The van der Waals surface area contributed by atoms with E-state index in [-0.39, 0.29) is 17.7 Å². The van der Waals surface area contributed by atoms with Gasteiger partial charge in [0.2, 0.25) is 0 Å². The summed E-state index contributed by atoms with van der Waals surface area (Å²) < 4.78 is 5.44. The van der Waals surface area contributed by atoms with E-state index in [0.717, 1.165) is 0 Å². The summed E-state index contributed by atoms with van der Waals surface area (Å²) in [6, 6.07) is 3.41. The molecule has 0 saturated heterocycles. The Hall–Kier alpha value is -3.37. The number of carbonyl (C=O) groups excluding carboxylic acids is 3. The molecule has 0 fully saturated rings. The number of esters is 1. The molecule has 1 amide bonds. The number of aliphatic hydroxyl groups is 3. The number of aliphatic hydroxyl groups excluding tert-OH is 2. The van der Waals surface area contributed by atoms with E-state index >= 15 is 0 Å². The average molecular weight is 430 g/mol. The largest absolute Gasteiger partial charge is 0.509 e. The Balaban J connectivity index is 1.85. The monoisotopic (exact) mass is 430 g/mol. The number of cyclic esters (lactones) is 1. The predicted octanol–water partition coefficient (Wildman–Crippen LogP) is 0.223. The van der Waals surface area contributed by atoms with Crippen molar-refractivity contribution in [2.24, 2.45) is 17.6 Å². The summed E-state index contributed by atoms with van der Waals surface area (Å²) in [5.74, 6) is -6.41. The van der Waals surface area contributed by atoms with Crippen molar-refractivity contribution in [3.8, 4) is 5.75 Å². The van der Waals surface area contributed by atoms with Gasteiger partial charge in [0.05, 0.1) is 6.04 Å². The zero-order valence-electron chi connectivity index (χ0n) is 16.8. The minimum atomic E-state index is -2.41. The number of ether oxygens (including phenoxy) is 1. The maximum absolute atomic E-state index is 13.0. The van der Waals surface area contributed by atoms with Crippen LogP contribution in [0.4, 0.5) is 0 Å². The fourth-order valence-corrected chi connectivity index (χ4v) is 4.96. The minimum Gasteiger partial charge on any atom is -0.509 e. The highest BCUT2D eigenvalue weighted by Gasteiger charge is 2.60. The summed E-state index contributed by atoms with van der Waals surface area (Å²) in [5, 5.41) is 42.7. The zero-order valence-corrected chi connectivity index (χ0v) is 16.8. The van der Waals surface area contributed by atoms with Crippen molar-refractivity contribution in [2.45, 2.75) is 24.2 Å². The van der Waals surface area contributed by atoms with Crippen LogP contribution in [0.5, 0.6) is 5.75 Å². The first kappa shape index (κ1) is 20.9. The number of benzene rings is 1. The van der Waals surface area contributed by atoms with Crippen molar-refractivity contribution in [3.05, 3.63) is 52.5 Å². The topological polar surface area (TPSA) is 171 Å². The molecule has 1 aliphatic heterocycles. The summed E-state index contributed by atoms with van der Waals surface area (Å²) >= 11 is 0. The summed E-state index contributed by atoms with van der Waals surface area (Å²) in [7, 11) is 3.11. The molecule has 3 aliphatic rings. The number of primary amides is 1. The predicted molar refractivity (Wildman–Crippen MR) is 105 cm³/mol. The van der Waals surface area contributed by atoms with Gasteiger partial charge in [-0.15, -0.1) is 0 Å². The lowest BCUT2D eigenvalue weighted by Crippen LogP contribution is -2.61. The van der Waals surface area contributed by atoms with E-state index in [1.54, 1.807) is 26.2 Å². The van der Waals surface area contributed by atoms with E-state index in [1.807, 2.05) is 0 Å². The van der Waals surface area contributed by atoms with Crippen LogP contribution in [-0.4, -0.2) is 68.7 Å². The number of fused-ring (bicyclic) bond motifs is 2. The van der Waals surface area contributed by atoms with Crippen LogP contribution in [0.1, 0.15) is 28.4 Å². The first-order valence-electron chi connectivity index (χ1n) is 9.60. The summed E-state index contributed by atoms with van der Waals surface area (Å²) in [5.41, 5.74) is 2.51. The second-order valence-corrected chi connectivity index (χ2v) is 8.25. The fourth-order valence-electron chi connectivity index (χ4n) is 4.96. The van der Waals surface area contributed by atoms with E-state index in [2.05, 4.69) is 0 Å². The molecule has 10 nitrogen and oxygen atoms in total. The van der Waals surface area contributed by atoms with Crippen LogP contribution in [0, 0.1) is 11.8 Å². The van der Waals surface area contributed by atoms with Gasteiger partial charge in [0.1, 0.15) is 34.5 Å². The third kappa shape index (κ3) is 2.75. The minimum absolute atomic E-state index is 0.0122. The number of ketones is 1.